The minimum Gasteiger partial charge on any atom is -0.407 e. The fourth-order valence-electron chi connectivity index (χ4n) is 0.537. The van der Waals surface area contributed by atoms with Crippen molar-refractivity contribution in [2.45, 2.75) is 0 Å². The molecule has 0 aliphatic heterocycles. The predicted octanol–water partition coefficient (Wildman–Crippen LogP) is 0.559. The first-order valence-electron chi connectivity index (χ1n) is 2.85. The molecule has 0 spiro atoms. The number of nitrogens with one attached hydrogen (secondary N) is 1. The van der Waals surface area contributed by atoms with E-state index in [1.54, 1.807) is 18.3 Å². The molecule has 0 aromatic carbocycles. The summed E-state index contributed by atoms with van der Waals surface area (Å²) in [7, 11) is 0. The fraction of sp³-hybridized carbons (Fsp3) is 0. The van der Waals surface area contributed by atoms with Crippen molar-refractivity contribution in [1.82, 2.24) is 10.5 Å². The van der Waals surface area contributed by atoms with E-state index >= 15 is 0 Å². The van der Waals surface area contributed by atoms with Crippen LogP contribution in [0.3, 0.4) is 0 Å². The third-order valence-corrected chi connectivity index (χ3v) is 0.936. The number of aromatic nitrogens is 1. The molecule has 1 aromatic heterocycles. The molecule has 1 aromatic rings. The molecule has 2 N–H and O–H groups in total. The number of hydroxylamine groups is 1. The number of carbonyl (C=O) groups excluding carboxylic acids is 1. The van der Waals surface area contributed by atoms with Gasteiger partial charge in [0.1, 0.15) is 0 Å². The topological polar surface area (TPSA) is 71.5 Å². The van der Waals surface area contributed by atoms with E-state index in [9.17, 15) is 4.79 Å². The number of hydrogen-bond donors (Lipinski definition) is 2. The van der Waals surface area contributed by atoms with Crippen molar-refractivity contribution in [3.63, 3.8) is 0 Å². The van der Waals surface area contributed by atoms with Crippen molar-refractivity contribution in [2.24, 2.45) is 0 Å². The monoisotopic (exact) mass is 154 g/mol. The maximum absolute atomic E-state index is 10.4. The van der Waals surface area contributed by atoms with Gasteiger partial charge in [0.25, 0.3) is 0 Å². The Morgan fingerprint density at radius 3 is 3.09 bits per heavy atom. The van der Waals surface area contributed by atoms with Gasteiger partial charge in [0.15, 0.2) is 5.75 Å². The molecular formula is C6H6N2O3. The molecule has 1 amide bonds. The van der Waals surface area contributed by atoms with Gasteiger partial charge >= 0.3 is 6.09 Å². The molecule has 58 valence electrons. The summed E-state index contributed by atoms with van der Waals surface area (Å²) < 4.78 is 4.50. The normalized spacial score (nSPS) is 8.82. The van der Waals surface area contributed by atoms with E-state index in [0.717, 1.165) is 0 Å². The average Bonchev–Trinajstić information content (AvgIpc) is 2.06. The standard InChI is InChI=1S/C6H6N2O3/c9-6(8-10)11-5-2-1-3-7-4-5/h1-4,10H,(H,8,9). The Kier molecular flexibility index (Phi) is 2.40. The summed E-state index contributed by atoms with van der Waals surface area (Å²) in [5.74, 6) is 0.277. The largest absolute Gasteiger partial charge is 0.436 e. The molecule has 0 saturated carbocycles. The molecule has 0 atom stereocenters. The maximum Gasteiger partial charge on any atom is 0.436 e. The smallest absolute Gasteiger partial charge is 0.407 e. The van der Waals surface area contributed by atoms with Crippen molar-refractivity contribution in [3.8, 4) is 5.75 Å². The number of carbonyl (C=O) groups is 1. The number of rotatable bonds is 1. The molecule has 0 radical (unpaired) electrons. The Balaban J connectivity index is 2.58. The molecule has 0 fully saturated rings. The third-order valence-electron chi connectivity index (χ3n) is 0.936. The van der Waals surface area contributed by atoms with Crippen LogP contribution in [0, 0.1) is 0 Å². The molecule has 0 aliphatic carbocycles. The summed E-state index contributed by atoms with van der Waals surface area (Å²) in [5, 5.41) is 8.05. The maximum atomic E-state index is 10.4. The lowest BCUT2D eigenvalue weighted by Crippen LogP contribution is -2.22. The SMILES string of the molecule is O=C(NO)Oc1cccnc1. The van der Waals surface area contributed by atoms with Gasteiger partial charge in [-0.3, -0.25) is 10.2 Å². The van der Waals surface area contributed by atoms with Crippen LogP contribution < -0.4 is 10.2 Å². The molecule has 0 bridgehead atoms. The van der Waals surface area contributed by atoms with Gasteiger partial charge in [0.2, 0.25) is 0 Å². The highest BCUT2D eigenvalue weighted by molar-refractivity contribution is 5.68. The molecule has 1 heterocycles. The Morgan fingerprint density at radius 1 is 1.73 bits per heavy atom. The second-order valence-corrected chi connectivity index (χ2v) is 1.69. The van der Waals surface area contributed by atoms with Crippen LogP contribution >= 0.6 is 0 Å². The number of ether oxygens (including phenoxy) is 1. The van der Waals surface area contributed by atoms with Crippen molar-refractivity contribution < 1.29 is 14.7 Å². The zero-order valence-electron chi connectivity index (χ0n) is 5.52. The summed E-state index contributed by atoms with van der Waals surface area (Å²) in [6, 6.07) is 3.15. The van der Waals surface area contributed by atoms with E-state index in [1.807, 2.05) is 0 Å². The van der Waals surface area contributed by atoms with E-state index < -0.39 is 6.09 Å². The highest BCUT2D eigenvalue weighted by Crippen LogP contribution is 2.05. The molecule has 5 heteroatoms. The second-order valence-electron chi connectivity index (χ2n) is 1.69. The first kappa shape index (κ1) is 7.49. The number of amides is 1. The third kappa shape index (κ3) is 2.23. The van der Waals surface area contributed by atoms with Crippen molar-refractivity contribution in [3.05, 3.63) is 24.5 Å². The van der Waals surface area contributed by atoms with Crippen molar-refractivity contribution >= 4 is 6.09 Å². The first-order valence-corrected chi connectivity index (χ1v) is 2.85. The number of nitrogens with zero attached hydrogens (tertiary/aromatic N) is 1. The summed E-state index contributed by atoms with van der Waals surface area (Å²) in [6.07, 6.45) is 1.97. The van der Waals surface area contributed by atoms with Gasteiger partial charge in [-0.15, -0.1) is 0 Å². The zero-order valence-corrected chi connectivity index (χ0v) is 5.52. The lowest BCUT2D eigenvalue weighted by atomic mass is 10.5. The first-order chi connectivity index (χ1) is 5.33. The average molecular weight is 154 g/mol. The Hall–Kier alpha value is -1.62. The minimum atomic E-state index is -0.932. The Labute approximate surface area is 62.6 Å². The van der Waals surface area contributed by atoms with Crippen LogP contribution in [0.25, 0.3) is 0 Å². The van der Waals surface area contributed by atoms with Crippen LogP contribution in [0.4, 0.5) is 4.79 Å². The van der Waals surface area contributed by atoms with E-state index in [1.165, 1.54) is 11.7 Å². The van der Waals surface area contributed by atoms with Gasteiger partial charge in [-0.2, -0.15) is 0 Å². The second kappa shape index (κ2) is 3.52. The lowest BCUT2D eigenvalue weighted by Gasteiger charge is -1.99. The quantitative estimate of drug-likeness (QED) is 0.458. The van der Waals surface area contributed by atoms with Gasteiger partial charge in [-0.1, -0.05) is 0 Å². The number of hydrogen-bond acceptors (Lipinski definition) is 4. The lowest BCUT2D eigenvalue weighted by molar-refractivity contribution is 0.127. The Bertz CT molecular complexity index is 237. The molecule has 0 aliphatic rings. The summed E-state index contributed by atoms with van der Waals surface area (Å²) in [5.41, 5.74) is 1.32. The van der Waals surface area contributed by atoms with Crippen molar-refractivity contribution in [2.75, 3.05) is 0 Å². The van der Waals surface area contributed by atoms with E-state index in [2.05, 4.69) is 9.72 Å². The molecule has 1 rings (SSSR count). The van der Waals surface area contributed by atoms with Gasteiger partial charge in [0.05, 0.1) is 6.20 Å². The summed E-state index contributed by atoms with van der Waals surface area (Å²) in [6.45, 7) is 0. The predicted molar refractivity (Wildman–Crippen MR) is 35.2 cm³/mol. The summed E-state index contributed by atoms with van der Waals surface area (Å²) in [4.78, 5) is 14.1. The molecule has 11 heavy (non-hydrogen) atoms. The summed E-state index contributed by atoms with van der Waals surface area (Å²) >= 11 is 0. The minimum absolute atomic E-state index is 0.277. The van der Waals surface area contributed by atoms with Gasteiger partial charge < -0.3 is 4.74 Å². The Morgan fingerprint density at radius 2 is 2.55 bits per heavy atom. The molecule has 0 unspecified atom stereocenters. The van der Waals surface area contributed by atoms with Crippen LogP contribution in [-0.4, -0.2) is 16.3 Å². The van der Waals surface area contributed by atoms with Gasteiger partial charge in [-0.05, 0) is 12.1 Å². The highest BCUT2D eigenvalue weighted by Gasteiger charge is 1.99. The van der Waals surface area contributed by atoms with E-state index in [0.29, 0.717) is 0 Å². The number of pyridine rings is 1. The van der Waals surface area contributed by atoms with Crippen LogP contribution in [-0.2, 0) is 0 Å². The fourth-order valence-corrected chi connectivity index (χ4v) is 0.537. The van der Waals surface area contributed by atoms with E-state index in [4.69, 9.17) is 5.21 Å². The molecular weight excluding hydrogens is 148 g/mol. The van der Waals surface area contributed by atoms with Gasteiger partial charge in [-0.25, -0.2) is 10.3 Å². The van der Waals surface area contributed by atoms with Crippen LogP contribution in [0.15, 0.2) is 24.5 Å². The van der Waals surface area contributed by atoms with Crippen LogP contribution in [0.5, 0.6) is 5.75 Å². The van der Waals surface area contributed by atoms with Gasteiger partial charge in [0, 0.05) is 6.20 Å². The highest BCUT2D eigenvalue weighted by atomic mass is 16.6. The van der Waals surface area contributed by atoms with Crippen LogP contribution in [0.2, 0.25) is 0 Å². The molecule has 0 saturated heterocycles. The van der Waals surface area contributed by atoms with E-state index in [-0.39, 0.29) is 5.75 Å². The van der Waals surface area contributed by atoms with Crippen LogP contribution in [0.1, 0.15) is 0 Å². The van der Waals surface area contributed by atoms with Crippen molar-refractivity contribution in [1.29, 1.82) is 0 Å². The zero-order chi connectivity index (χ0) is 8.10. The molecule has 5 nitrogen and oxygen atoms in total.